The molecule has 1 N–H and O–H groups in total. The van der Waals surface area contributed by atoms with Gasteiger partial charge in [0.1, 0.15) is 16.6 Å². The number of rotatable bonds is 3. The van der Waals surface area contributed by atoms with Gasteiger partial charge < -0.3 is 10.1 Å². The predicted octanol–water partition coefficient (Wildman–Crippen LogP) is 4.21. The number of alkyl carbamates (subject to hydrolysis) is 1. The number of carbonyl (C=O) groups excluding carboxylic acids is 1. The van der Waals surface area contributed by atoms with Crippen molar-refractivity contribution in [3.63, 3.8) is 0 Å². The third-order valence-corrected chi connectivity index (χ3v) is 3.69. The Morgan fingerprint density at radius 1 is 1.35 bits per heavy atom. The summed E-state index contributed by atoms with van der Waals surface area (Å²) in [4.78, 5) is 16.0. The molecule has 0 aliphatic carbocycles. The van der Waals surface area contributed by atoms with Crippen LogP contribution >= 0.6 is 11.6 Å². The minimum atomic E-state index is -0.610. The van der Waals surface area contributed by atoms with Gasteiger partial charge in [-0.25, -0.2) is 18.7 Å². The van der Waals surface area contributed by atoms with Gasteiger partial charge in [-0.15, -0.1) is 0 Å². The Morgan fingerprint density at radius 2 is 2.12 bits per heavy atom. The SMILES string of the molecule is CC(C)(C)OC(=O)NCc1ccc(-c2nc(Cl)cn3nccc23)cc1F. The molecule has 1 amide bonds. The molecule has 0 aliphatic heterocycles. The lowest BCUT2D eigenvalue weighted by Gasteiger charge is -2.19. The van der Waals surface area contributed by atoms with E-state index >= 15 is 0 Å². The monoisotopic (exact) mass is 376 g/mol. The number of carbonyl (C=O) groups is 1. The predicted molar refractivity (Wildman–Crippen MR) is 96.5 cm³/mol. The summed E-state index contributed by atoms with van der Waals surface area (Å²) in [6.45, 7) is 5.30. The van der Waals surface area contributed by atoms with Crippen molar-refractivity contribution in [1.29, 1.82) is 0 Å². The number of ether oxygens (including phenoxy) is 1. The summed E-state index contributed by atoms with van der Waals surface area (Å²) in [6, 6.07) is 6.45. The van der Waals surface area contributed by atoms with Crippen molar-refractivity contribution in [2.24, 2.45) is 0 Å². The number of fused-ring (bicyclic) bond motifs is 1. The second-order valence-corrected chi connectivity index (χ2v) is 7.12. The normalized spacial score (nSPS) is 11.6. The number of amides is 1. The summed E-state index contributed by atoms with van der Waals surface area (Å²) in [7, 11) is 0. The summed E-state index contributed by atoms with van der Waals surface area (Å²) < 4.78 is 21.2. The van der Waals surface area contributed by atoms with E-state index in [4.69, 9.17) is 16.3 Å². The second kappa shape index (κ2) is 6.92. The molecule has 1 aromatic carbocycles. The van der Waals surface area contributed by atoms with Crippen LogP contribution in [-0.2, 0) is 11.3 Å². The van der Waals surface area contributed by atoms with Crippen molar-refractivity contribution in [2.75, 3.05) is 0 Å². The summed E-state index contributed by atoms with van der Waals surface area (Å²) in [5.74, 6) is -0.460. The van der Waals surface area contributed by atoms with Crippen LogP contribution in [0.2, 0.25) is 5.15 Å². The standard InChI is InChI=1S/C18H18ClFN4O2/c1-18(2,3)26-17(25)21-9-12-5-4-11(8-13(12)20)16-14-6-7-22-24(14)10-15(19)23-16/h4-8,10H,9H2,1-3H3,(H,21,25). The zero-order valence-electron chi connectivity index (χ0n) is 14.6. The number of benzene rings is 1. The van der Waals surface area contributed by atoms with Crippen molar-refractivity contribution in [3.8, 4) is 11.3 Å². The molecule has 0 aliphatic rings. The van der Waals surface area contributed by atoms with Gasteiger partial charge in [0.2, 0.25) is 0 Å². The van der Waals surface area contributed by atoms with Gasteiger partial charge in [-0.2, -0.15) is 5.10 Å². The first-order chi connectivity index (χ1) is 12.2. The first-order valence-electron chi connectivity index (χ1n) is 7.98. The van der Waals surface area contributed by atoms with Crippen LogP contribution in [0.5, 0.6) is 0 Å². The summed E-state index contributed by atoms with van der Waals surface area (Å²) in [5.41, 5.74) is 1.54. The molecular weight excluding hydrogens is 359 g/mol. The van der Waals surface area contributed by atoms with Crippen LogP contribution in [0.3, 0.4) is 0 Å². The third kappa shape index (κ3) is 4.11. The van der Waals surface area contributed by atoms with E-state index in [1.807, 2.05) is 0 Å². The Morgan fingerprint density at radius 3 is 2.81 bits per heavy atom. The topological polar surface area (TPSA) is 68.5 Å². The first-order valence-corrected chi connectivity index (χ1v) is 8.36. The van der Waals surface area contributed by atoms with Gasteiger partial charge in [0, 0.05) is 17.7 Å². The smallest absolute Gasteiger partial charge is 0.407 e. The highest BCUT2D eigenvalue weighted by atomic mass is 35.5. The molecule has 0 saturated carbocycles. The Bertz CT molecular complexity index is 965. The first kappa shape index (κ1) is 18.1. The minimum Gasteiger partial charge on any atom is -0.444 e. The maximum Gasteiger partial charge on any atom is 0.407 e. The summed E-state index contributed by atoms with van der Waals surface area (Å²) >= 11 is 6.01. The van der Waals surface area contributed by atoms with E-state index in [-0.39, 0.29) is 11.7 Å². The average Bonchev–Trinajstić information content (AvgIpc) is 2.99. The van der Waals surface area contributed by atoms with Gasteiger partial charge in [0.05, 0.1) is 23.6 Å². The lowest BCUT2D eigenvalue weighted by Crippen LogP contribution is -2.32. The lowest BCUT2D eigenvalue weighted by molar-refractivity contribution is 0.0523. The molecule has 0 fully saturated rings. The molecule has 0 atom stereocenters. The van der Waals surface area contributed by atoms with Gasteiger partial charge in [-0.3, -0.25) is 0 Å². The van der Waals surface area contributed by atoms with Crippen LogP contribution in [0.1, 0.15) is 26.3 Å². The Hall–Kier alpha value is -2.67. The van der Waals surface area contributed by atoms with Crippen LogP contribution < -0.4 is 5.32 Å². The quantitative estimate of drug-likeness (QED) is 0.743. The van der Waals surface area contributed by atoms with E-state index in [1.165, 1.54) is 6.07 Å². The van der Waals surface area contributed by atoms with Gasteiger partial charge in [-0.1, -0.05) is 23.7 Å². The van der Waals surface area contributed by atoms with E-state index in [1.54, 1.807) is 55.9 Å². The van der Waals surface area contributed by atoms with Crippen molar-refractivity contribution in [1.82, 2.24) is 19.9 Å². The number of nitrogens with zero attached hydrogens (tertiary/aromatic N) is 3. The highest BCUT2D eigenvalue weighted by Gasteiger charge is 2.17. The molecule has 2 aromatic heterocycles. The van der Waals surface area contributed by atoms with Crippen LogP contribution in [-0.4, -0.2) is 26.3 Å². The van der Waals surface area contributed by atoms with Crippen molar-refractivity contribution in [3.05, 3.63) is 53.2 Å². The summed E-state index contributed by atoms with van der Waals surface area (Å²) in [6.07, 6.45) is 2.60. The van der Waals surface area contributed by atoms with Crippen LogP contribution in [0, 0.1) is 5.82 Å². The number of hydrogen-bond acceptors (Lipinski definition) is 4. The maximum absolute atomic E-state index is 14.5. The van der Waals surface area contributed by atoms with Crippen LogP contribution in [0.25, 0.3) is 16.8 Å². The van der Waals surface area contributed by atoms with Crippen molar-refractivity contribution in [2.45, 2.75) is 32.9 Å². The molecule has 0 saturated heterocycles. The fourth-order valence-corrected chi connectivity index (χ4v) is 2.61. The molecule has 26 heavy (non-hydrogen) atoms. The molecule has 8 heteroatoms. The maximum atomic E-state index is 14.5. The Balaban J connectivity index is 1.81. The average molecular weight is 377 g/mol. The molecule has 0 spiro atoms. The van der Waals surface area contributed by atoms with E-state index < -0.39 is 17.5 Å². The van der Waals surface area contributed by atoms with Crippen molar-refractivity contribution >= 4 is 23.2 Å². The molecule has 3 aromatic rings. The van der Waals surface area contributed by atoms with Crippen LogP contribution in [0.15, 0.2) is 36.7 Å². The Kier molecular flexibility index (Phi) is 4.82. The van der Waals surface area contributed by atoms with Gasteiger partial charge in [0.15, 0.2) is 0 Å². The number of nitrogens with one attached hydrogen (secondary N) is 1. The van der Waals surface area contributed by atoms with E-state index in [0.29, 0.717) is 22.3 Å². The zero-order valence-corrected chi connectivity index (χ0v) is 15.3. The summed E-state index contributed by atoms with van der Waals surface area (Å²) in [5, 5.41) is 6.92. The fraction of sp³-hybridized carbons (Fsp3) is 0.278. The van der Waals surface area contributed by atoms with Gasteiger partial charge in [0.25, 0.3) is 0 Å². The van der Waals surface area contributed by atoms with E-state index in [2.05, 4.69) is 15.4 Å². The van der Waals surface area contributed by atoms with Crippen molar-refractivity contribution < 1.29 is 13.9 Å². The highest BCUT2D eigenvalue weighted by Crippen LogP contribution is 2.26. The Labute approximate surface area is 154 Å². The molecule has 3 rings (SSSR count). The second-order valence-electron chi connectivity index (χ2n) is 6.73. The molecule has 0 radical (unpaired) electrons. The lowest BCUT2D eigenvalue weighted by atomic mass is 10.1. The largest absolute Gasteiger partial charge is 0.444 e. The van der Waals surface area contributed by atoms with E-state index in [9.17, 15) is 9.18 Å². The number of halogens is 2. The third-order valence-electron chi connectivity index (χ3n) is 3.51. The molecule has 136 valence electrons. The number of aromatic nitrogens is 3. The molecular formula is C18H18ClFN4O2. The number of hydrogen-bond donors (Lipinski definition) is 1. The van der Waals surface area contributed by atoms with E-state index in [0.717, 1.165) is 0 Å². The molecule has 0 unspecified atom stereocenters. The molecule has 2 heterocycles. The zero-order chi connectivity index (χ0) is 18.9. The van der Waals surface area contributed by atoms with Crippen LogP contribution in [0.4, 0.5) is 9.18 Å². The van der Waals surface area contributed by atoms with Gasteiger partial charge >= 0.3 is 6.09 Å². The molecule has 6 nitrogen and oxygen atoms in total. The minimum absolute atomic E-state index is 0.0199. The molecule has 0 bridgehead atoms. The highest BCUT2D eigenvalue weighted by molar-refractivity contribution is 6.29. The van der Waals surface area contributed by atoms with Gasteiger partial charge in [-0.05, 0) is 32.9 Å². The fourth-order valence-electron chi connectivity index (χ4n) is 2.43.